The van der Waals surface area contributed by atoms with Crippen molar-refractivity contribution < 1.29 is 14.3 Å². The topological polar surface area (TPSA) is 49.3 Å². The lowest BCUT2D eigenvalue weighted by Gasteiger charge is -2.11. The van der Waals surface area contributed by atoms with E-state index in [1.807, 2.05) is 0 Å². The van der Waals surface area contributed by atoms with E-state index in [0.717, 1.165) is 5.56 Å². The molecule has 0 aliphatic carbocycles. The molecule has 0 aromatic heterocycles. The standard InChI is InChI=1S/C16H16FNO2/c1-9-4-12(8-13(17)5-9)16(20)18-14-6-11(3)15(19)7-10(14)2/h4-8,19H,1-3H3,(H,18,20). The smallest absolute Gasteiger partial charge is 0.255 e. The number of amides is 1. The first-order valence-corrected chi connectivity index (χ1v) is 6.25. The number of benzene rings is 2. The predicted octanol–water partition coefficient (Wildman–Crippen LogP) is 3.71. The van der Waals surface area contributed by atoms with E-state index in [0.29, 0.717) is 16.8 Å². The Kier molecular flexibility index (Phi) is 3.74. The Labute approximate surface area is 117 Å². The minimum Gasteiger partial charge on any atom is -0.508 e. The second-order valence-electron chi connectivity index (χ2n) is 4.92. The molecule has 0 fully saturated rings. The van der Waals surface area contributed by atoms with E-state index in [-0.39, 0.29) is 17.2 Å². The fraction of sp³-hybridized carbons (Fsp3) is 0.188. The monoisotopic (exact) mass is 273 g/mol. The van der Waals surface area contributed by atoms with Crippen LogP contribution in [-0.2, 0) is 0 Å². The van der Waals surface area contributed by atoms with Gasteiger partial charge in [0.1, 0.15) is 11.6 Å². The Hall–Kier alpha value is -2.36. The lowest BCUT2D eigenvalue weighted by Crippen LogP contribution is -2.13. The van der Waals surface area contributed by atoms with Gasteiger partial charge in [0.15, 0.2) is 0 Å². The first kappa shape index (κ1) is 14.1. The zero-order valence-electron chi connectivity index (χ0n) is 11.6. The van der Waals surface area contributed by atoms with Crippen LogP contribution in [0.4, 0.5) is 10.1 Å². The minimum atomic E-state index is -0.436. The van der Waals surface area contributed by atoms with Crippen molar-refractivity contribution in [2.45, 2.75) is 20.8 Å². The third-order valence-corrected chi connectivity index (χ3v) is 3.10. The molecule has 0 spiro atoms. The second-order valence-corrected chi connectivity index (χ2v) is 4.92. The first-order chi connectivity index (χ1) is 9.36. The van der Waals surface area contributed by atoms with Crippen molar-refractivity contribution in [3.8, 4) is 5.75 Å². The van der Waals surface area contributed by atoms with Crippen LogP contribution in [0.3, 0.4) is 0 Å². The Morgan fingerprint density at radius 3 is 2.40 bits per heavy atom. The number of carbonyl (C=O) groups excluding carboxylic acids is 1. The van der Waals surface area contributed by atoms with Crippen LogP contribution in [-0.4, -0.2) is 11.0 Å². The van der Waals surface area contributed by atoms with E-state index in [1.165, 1.54) is 12.1 Å². The van der Waals surface area contributed by atoms with E-state index in [4.69, 9.17) is 0 Å². The summed E-state index contributed by atoms with van der Waals surface area (Å²) in [5.41, 5.74) is 2.98. The second kappa shape index (κ2) is 5.33. The van der Waals surface area contributed by atoms with Crippen molar-refractivity contribution in [1.82, 2.24) is 0 Å². The summed E-state index contributed by atoms with van der Waals surface area (Å²) in [7, 11) is 0. The Balaban J connectivity index is 2.30. The quantitative estimate of drug-likeness (QED) is 0.819. The molecular formula is C16H16FNO2. The average Bonchev–Trinajstić information content (AvgIpc) is 2.34. The van der Waals surface area contributed by atoms with Gasteiger partial charge in [0.2, 0.25) is 0 Å². The maximum Gasteiger partial charge on any atom is 0.255 e. The van der Waals surface area contributed by atoms with Gasteiger partial charge in [0.25, 0.3) is 5.91 Å². The average molecular weight is 273 g/mol. The third-order valence-electron chi connectivity index (χ3n) is 3.10. The van der Waals surface area contributed by atoms with Gasteiger partial charge in [-0.25, -0.2) is 4.39 Å². The highest BCUT2D eigenvalue weighted by Gasteiger charge is 2.11. The van der Waals surface area contributed by atoms with Gasteiger partial charge in [-0.05, 0) is 67.8 Å². The Morgan fingerprint density at radius 2 is 1.75 bits per heavy atom. The molecule has 1 amide bonds. The molecular weight excluding hydrogens is 257 g/mol. The molecule has 0 aliphatic heterocycles. The van der Waals surface area contributed by atoms with E-state index in [2.05, 4.69) is 5.32 Å². The number of halogens is 1. The molecule has 0 saturated carbocycles. The fourth-order valence-electron chi connectivity index (χ4n) is 2.00. The number of hydrogen-bond donors (Lipinski definition) is 2. The SMILES string of the molecule is Cc1cc(F)cc(C(=O)Nc2cc(C)c(O)cc2C)c1. The van der Waals surface area contributed by atoms with Gasteiger partial charge < -0.3 is 10.4 Å². The van der Waals surface area contributed by atoms with Gasteiger partial charge in [0.05, 0.1) is 0 Å². The van der Waals surface area contributed by atoms with E-state index in [1.54, 1.807) is 39.0 Å². The highest BCUT2D eigenvalue weighted by Crippen LogP contribution is 2.25. The summed E-state index contributed by atoms with van der Waals surface area (Å²) in [5.74, 6) is -0.628. The number of phenols is 1. The summed E-state index contributed by atoms with van der Waals surface area (Å²) >= 11 is 0. The molecule has 0 unspecified atom stereocenters. The molecule has 2 N–H and O–H groups in total. The highest BCUT2D eigenvalue weighted by atomic mass is 19.1. The number of aromatic hydroxyl groups is 1. The maximum atomic E-state index is 13.3. The van der Waals surface area contributed by atoms with Crippen molar-refractivity contribution in [2.75, 3.05) is 5.32 Å². The Morgan fingerprint density at radius 1 is 1.05 bits per heavy atom. The molecule has 0 saturated heterocycles. The van der Waals surface area contributed by atoms with Gasteiger partial charge >= 0.3 is 0 Å². The van der Waals surface area contributed by atoms with Crippen LogP contribution in [0.1, 0.15) is 27.0 Å². The van der Waals surface area contributed by atoms with Crippen LogP contribution in [0.5, 0.6) is 5.75 Å². The molecule has 0 atom stereocenters. The fourth-order valence-corrected chi connectivity index (χ4v) is 2.00. The Bertz CT molecular complexity index is 660. The summed E-state index contributed by atoms with van der Waals surface area (Å²) in [5, 5.41) is 12.3. The van der Waals surface area contributed by atoms with Crippen LogP contribution < -0.4 is 5.32 Å². The number of nitrogens with one attached hydrogen (secondary N) is 1. The number of rotatable bonds is 2. The lowest BCUT2D eigenvalue weighted by atomic mass is 10.1. The highest BCUT2D eigenvalue weighted by molar-refractivity contribution is 6.04. The van der Waals surface area contributed by atoms with Crippen LogP contribution in [0.2, 0.25) is 0 Å². The van der Waals surface area contributed by atoms with Crippen LogP contribution in [0.25, 0.3) is 0 Å². The molecule has 0 radical (unpaired) electrons. The molecule has 2 aromatic carbocycles. The molecule has 104 valence electrons. The summed E-state index contributed by atoms with van der Waals surface area (Å²) in [6.45, 7) is 5.26. The maximum absolute atomic E-state index is 13.3. The van der Waals surface area contributed by atoms with Gasteiger partial charge in [-0.1, -0.05) is 0 Å². The van der Waals surface area contributed by atoms with Gasteiger partial charge in [-0.2, -0.15) is 0 Å². The van der Waals surface area contributed by atoms with Crippen molar-refractivity contribution in [1.29, 1.82) is 0 Å². The van der Waals surface area contributed by atoms with Crippen molar-refractivity contribution in [2.24, 2.45) is 0 Å². The van der Waals surface area contributed by atoms with Crippen LogP contribution in [0, 0.1) is 26.6 Å². The molecule has 2 aromatic rings. The zero-order chi connectivity index (χ0) is 14.9. The molecule has 0 heterocycles. The predicted molar refractivity (Wildman–Crippen MR) is 76.7 cm³/mol. The van der Waals surface area contributed by atoms with Gasteiger partial charge in [0, 0.05) is 11.3 Å². The first-order valence-electron chi connectivity index (χ1n) is 6.25. The summed E-state index contributed by atoms with van der Waals surface area (Å²) in [6.07, 6.45) is 0. The zero-order valence-corrected chi connectivity index (χ0v) is 11.6. The molecule has 4 heteroatoms. The van der Waals surface area contributed by atoms with Crippen molar-refractivity contribution in [3.63, 3.8) is 0 Å². The normalized spacial score (nSPS) is 10.4. The number of phenolic OH excluding ortho intramolecular Hbond substituents is 1. The molecule has 20 heavy (non-hydrogen) atoms. The van der Waals surface area contributed by atoms with E-state index < -0.39 is 5.82 Å². The number of carbonyl (C=O) groups is 1. The van der Waals surface area contributed by atoms with Gasteiger partial charge in [-0.3, -0.25) is 4.79 Å². The van der Waals surface area contributed by atoms with E-state index >= 15 is 0 Å². The summed E-state index contributed by atoms with van der Waals surface area (Å²) in [4.78, 5) is 12.1. The summed E-state index contributed by atoms with van der Waals surface area (Å²) in [6, 6.07) is 7.47. The van der Waals surface area contributed by atoms with Crippen LogP contribution >= 0.6 is 0 Å². The molecule has 2 rings (SSSR count). The summed E-state index contributed by atoms with van der Waals surface area (Å²) < 4.78 is 13.3. The molecule has 0 bridgehead atoms. The molecule has 3 nitrogen and oxygen atoms in total. The van der Waals surface area contributed by atoms with Crippen molar-refractivity contribution in [3.05, 3.63) is 58.4 Å². The van der Waals surface area contributed by atoms with Crippen molar-refractivity contribution >= 4 is 11.6 Å². The third kappa shape index (κ3) is 2.96. The lowest BCUT2D eigenvalue weighted by molar-refractivity contribution is 0.102. The number of hydrogen-bond acceptors (Lipinski definition) is 2. The van der Waals surface area contributed by atoms with E-state index in [9.17, 15) is 14.3 Å². The number of aryl methyl sites for hydroxylation is 3. The van der Waals surface area contributed by atoms with Crippen LogP contribution in [0.15, 0.2) is 30.3 Å². The minimum absolute atomic E-state index is 0.182. The largest absolute Gasteiger partial charge is 0.508 e. The number of anilines is 1. The van der Waals surface area contributed by atoms with Gasteiger partial charge in [-0.15, -0.1) is 0 Å². The molecule has 0 aliphatic rings.